The predicted octanol–water partition coefficient (Wildman–Crippen LogP) is 2.23. The lowest BCUT2D eigenvalue weighted by Gasteiger charge is -2.09. The molecule has 0 bridgehead atoms. The highest BCUT2D eigenvalue weighted by Gasteiger charge is 2.06. The van der Waals surface area contributed by atoms with Gasteiger partial charge in [0.25, 0.3) is 5.91 Å². The molecule has 0 spiro atoms. The van der Waals surface area contributed by atoms with E-state index in [9.17, 15) is 9.59 Å². The fraction of sp³-hybridized carbons (Fsp3) is 0.158. The highest BCUT2D eigenvalue weighted by Crippen LogP contribution is 2.11. The van der Waals surface area contributed by atoms with Crippen molar-refractivity contribution < 1.29 is 14.3 Å². The third-order valence-electron chi connectivity index (χ3n) is 3.34. The third-order valence-corrected chi connectivity index (χ3v) is 3.34. The number of urea groups is 1. The van der Waals surface area contributed by atoms with E-state index in [0.717, 1.165) is 0 Å². The lowest BCUT2D eigenvalue weighted by molar-refractivity contribution is 0.0954. The van der Waals surface area contributed by atoms with Crippen LogP contribution in [-0.2, 0) is 0 Å². The molecule has 0 aliphatic carbocycles. The van der Waals surface area contributed by atoms with E-state index >= 15 is 0 Å². The summed E-state index contributed by atoms with van der Waals surface area (Å²) >= 11 is 0. The van der Waals surface area contributed by atoms with Gasteiger partial charge in [0, 0.05) is 29.9 Å². The minimum Gasteiger partial charge on any atom is -0.497 e. The van der Waals surface area contributed by atoms with Gasteiger partial charge in [0.15, 0.2) is 0 Å². The smallest absolute Gasteiger partial charge is 0.319 e. The molecule has 2 rings (SSSR count). The van der Waals surface area contributed by atoms with E-state index in [4.69, 9.17) is 11.2 Å². The van der Waals surface area contributed by atoms with Crippen LogP contribution < -0.4 is 20.7 Å². The molecule has 6 nitrogen and oxygen atoms in total. The molecule has 0 atom stereocenters. The van der Waals surface area contributed by atoms with Crippen molar-refractivity contribution in [1.82, 2.24) is 10.6 Å². The first-order valence-electron chi connectivity index (χ1n) is 7.66. The number of nitrogens with one attached hydrogen (secondary N) is 3. The molecule has 25 heavy (non-hydrogen) atoms. The van der Waals surface area contributed by atoms with Crippen molar-refractivity contribution in [2.45, 2.75) is 0 Å². The van der Waals surface area contributed by atoms with Crippen LogP contribution in [0.25, 0.3) is 0 Å². The number of terminal acetylenes is 1. The maximum atomic E-state index is 12.0. The Morgan fingerprint density at radius 2 is 1.80 bits per heavy atom. The zero-order chi connectivity index (χ0) is 18.1. The fourth-order valence-corrected chi connectivity index (χ4v) is 2.06. The molecule has 0 heterocycles. The number of anilines is 1. The van der Waals surface area contributed by atoms with Gasteiger partial charge in [0.2, 0.25) is 0 Å². The Kier molecular flexibility index (Phi) is 6.43. The number of amides is 3. The van der Waals surface area contributed by atoms with Crippen LogP contribution in [0.4, 0.5) is 10.5 Å². The average molecular weight is 337 g/mol. The Balaban J connectivity index is 1.72. The van der Waals surface area contributed by atoms with Crippen molar-refractivity contribution in [3.63, 3.8) is 0 Å². The normalized spacial score (nSPS) is 9.60. The summed E-state index contributed by atoms with van der Waals surface area (Å²) in [5.41, 5.74) is 1.82. The van der Waals surface area contributed by atoms with E-state index in [-0.39, 0.29) is 11.9 Å². The first kappa shape index (κ1) is 17.9. The van der Waals surface area contributed by atoms with Gasteiger partial charge in [-0.15, -0.1) is 6.42 Å². The minimum absolute atomic E-state index is 0.216. The topological polar surface area (TPSA) is 79.5 Å². The number of hydrogen-bond donors (Lipinski definition) is 3. The summed E-state index contributed by atoms with van der Waals surface area (Å²) in [7, 11) is 1.56. The first-order valence-corrected chi connectivity index (χ1v) is 7.66. The van der Waals surface area contributed by atoms with Gasteiger partial charge in [-0.25, -0.2) is 4.79 Å². The second kappa shape index (κ2) is 8.99. The largest absolute Gasteiger partial charge is 0.497 e. The predicted molar refractivity (Wildman–Crippen MR) is 96.7 cm³/mol. The third kappa shape index (κ3) is 5.59. The van der Waals surface area contributed by atoms with Gasteiger partial charge < -0.3 is 20.7 Å². The van der Waals surface area contributed by atoms with Crippen LogP contribution in [0.15, 0.2) is 48.5 Å². The maximum Gasteiger partial charge on any atom is 0.319 e. The number of hydrogen-bond acceptors (Lipinski definition) is 3. The molecule has 3 amide bonds. The quantitative estimate of drug-likeness (QED) is 0.559. The molecule has 0 saturated heterocycles. The number of benzene rings is 2. The van der Waals surface area contributed by atoms with Gasteiger partial charge in [-0.2, -0.15) is 0 Å². The SMILES string of the molecule is C#Cc1cccc(NC(=O)NCCNC(=O)c2ccc(OC)cc2)c1. The van der Waals surface area contributed by atoms with Gasteiger partial charge in [-0.1, -0.05) is 12.0 Å². The number of rotatable bonds is 6. The molecule has 6 heteroatoms. The molecular weight excluding hydrogens is 318 g/mol. The Hall–Kier alpha value is -3.46. The first-order chi connectivity index (χ1) is 12.1. The Morgan fingerprint density at radius 1 is 1.08 bits per heavy atom. The van der Waals surface area contributed by atoms with Crippen LogP contribution in [0.3, 0.4) is 0 Å². The van der Waals surface area contributed by atoms with E-state index in [1.165, 1.54) is 0 Å². The zero-order valence-electron chi connectivity index (χ0n) is 13.8. The van der Waals surface area contributed by atoms with Gasteiger partial charge in [0.1, 0.15) is 5.75 Å². The van der Waals surface area contributed by atoms with Crippen LogP contribution >= 0.6 is 0 Å². The van der Waals surface area contributed by atoms with Crippen LogP contribution in [0, 0.1) is 12.3 Å². The Labute approximate surface area is 146 Å². The second-order valence-corrected chi connectivity index (χ2v) is 5.09. The summed E-state index contributed by atoms with van der Waals surface area (Å²) in [6.07, 6.45) is 5.31. The van der Waals surface area contributed by atoms with Crippen LogP contribution in [0.2, 0.25) is 0 Å². The molecule has 2 aromatic rings. The number of carbonyl (C=O) groups excluding carboxylic acids is 2. The van der Waals surface area contributed by atoms with Crippen molar-refractivity contribution >= 4 is 17.6 Å². The van der Waals surface area contributed by atoms with Crippen LogP contribution in [-0.4, -0.2) is 32.1 Å². The Morgan fingerprint density at radius 3 is 2.48 bits per heavy atom. The molecule has 3 N–H and O–H groups in total. The maximum absolute atomic E-state index is 12.0. The van der Waals surface area contributed by atoms with Crippen molar-refractivity contribution in [2.24, 2.45) is 0 Å². The van der Waals surface area contributed by atoms with Gasteiger partial charge in [0.05, 0.1) is 7.11 Å². The highest BCUT2D eigenvalue weighted by atomic mass is 16.5. The molecule has 0 aliphatic heterocycles. The molecule has 128 valence electrons. The van der Waals surface area contributed by atoms with Crippen LogP contribution in [0.1, 0.15) is 15.9 Å². The van der Waals surface area contributed by atoms with E-state index in [1.807, 2.05) is 0 Å². The standard InChI is InChI=1S/C19H19N3O3/c1-3-14-5-4-6-16(13-14)22-19(24)21-12-11-20-18(23)15-7-9-17(25-2)10-8-15/h1,4-10,13H,11-12H2,2H3,(H,20,23)(H2,21,22,24). The van der Waals surface area contributed by atoms with E-state index in [1.54, 1.807) is 55.6 Å². The number of ether oxygens (including phenoxy) is 1. The van der Waals surface area contributed by atoms with E-state index in [0.29, 0.717) is 35.7 Å². The molecular formula is C19H19N3O3. The summed E-state index contributed by atoms with van der Waals surface area (Å²) < 4.78 is 5.04. The summed E-state index contributed by atoms with van der Waals surface area (Å²) in [4.78, 5) is 23.7. The average Bonchev–Trinajstić information content (AvgIpc) is 2.65. The molecule has 0 radical (unpaired) electrons. The highest BCUT2D eigenvalue weighted by molar-refractivity contribution is 5.94. The van der Waals surface area contributed by atoms with Crippen molar-refractivity contribution in [2.75, 3.05) is 25.5 Å². The van der Waals surface area contributed by atoms with Crippen molar-refractivity contribution in [1.29, 1.82) is 0 Å². The lowest BCUT2D eigenvalue weighted by Crippen LogP contribution is -2.36. The van der Waals surface area contributed by atoms with Crippen molar-refractivity contribution in [3.05, 3.63) is 59.7 Å². The molecule has 0 fully saturated rings. The second-order valence-electron chi connectivity index (χ2n) is 5.09. The van der Waals surface area contributed by atoms with Crippen molar-refractivity contribution in [3.8, 4) is 18.1 Å². The van der Waals surface area contributed by atoms with Gasteiger partial charge >= 0.3 is 6.03 Å². The zero-order valence-corrected chi connectivity index (χ0v) is 13.8. The molecule has 0 unspecified atom stereocenters. The lowest BCUT2D eigenvalue weighted by atomic mass is 10.2. The molecule has 0 saturated carbocycles. The monoisotopic (exact) mass is 337 g/mol. The van der Waals surface area contributed by atoms with Gasteiger partial charge in [-0.05, 0) is 42.5 Å². The molecule has 2 aromatic carbocycles. The fourth-order valence-electron chi connectivity index (χ4n) is 2.06. The van der Waals surface area contributed by atoms with E-state index < -0.39 is 0 Å². The molecule has 0 aromatic heterocycles. The summed E-state index contributed by atoms with van der Waals surface area (Å²) in [6, 6.07) is 13.4. The summed E-state index contributed by atoms with van der Waals surface area (Å²) in [5, 5.41) is 8.06. The van der Waals surface area contributed by atoms with E-state index in [2.05, 4.69) is 21.9 Å². The van der Waals surface area contributed by atoms with Crippen LogP contribution in [0.5, 0.6) is 5.75 Å². The summed E-state index contributed by atoms with van der Waals surface area (Å²) in [6.45, 7) is 0.602. The Bertz CT molecular complexity index is 779. The number of carbonyl (C=O) groups is 2. The van der Waals surface area contributed by atoms with Gasteiger partial charge in [-0.3, -0.25) is 4.79 Å². The minimum atomic E-state index is -0.368. The summed E-state index contributed by atoms with van der Waals surface area (Å²) in [5.74, 6) is 2.97. The molecule has 0 aliphatic rings. The number of methoxy groups -OCH3 is 1.